The van der Waals surface area contributed by atoms with Crippen molar-refractivity contribution in [1.82, 2.24) is 9.80 Å². The van der Waals surface area contributed by atoms with Crippen molar-refractivity contribution in [2.45, 2.75) is 39.4 Å². The molecule has 1 heterocycles. The van der Waals surface area contributed by atoms with Crippen LogP contribution in [0.1, 0.15) is 37.0 Å². The highest BCUT2D eigenvalue weighted by Gasteiger charge is 2.31. The largest absolute Gasteiger partial charge is 0.334 e. The van der Waals surface area contributed by atoms with Crippen molar-refractivity contribution in [2.75, 3.05) is 13.1 Å². The van der Waals surface area contributed by atoms with E-state index in [1.807, 2.05) is 23.1 Å². The minimum Gasteiger partial charge on any atom is -0.334 e. The van der Waals surface area contributed by atoms with Gasteiger partial charge < -0.3 is 4.90 Å². The highest BCUT2D eigenvalue weighted by Crippen LogP contribution is 2.22. The first kappa shape index (κ1) is 20.0. The van der Waals surface area contributed by atoms with Crippen LogP contribution in [0.2, 0.25) is 0 Å². The first-order valence-electron chi connectivity index (χ1n) is 9.71. The number of hydrogen-bond donors (Lipinski definition) is 0. The van der Waals surface area contributed by atoms with Gasteiger partial charge in [-0.2, -0.15) is 5.26 Å². The first-order chi connectivity index (χ1) is 13.5. The Balaban J connectivity index is 1.77. The zero-order chi connectivity index (χ0) is 20.1. The molecule has 1 saturated heterocycles. The molecule has 0 N–H and O–H groups in total. The molecule has 0 bridgehead atoms. The summed E-state index contributed by atoms with van der Waals surface area (Å²) in [4.78, 5) is 17.1. The van der Waals surface area contributed by atoms with Crippen LogP contribution >= 0.6 is 0 Å². The predicted octanol–water partition coefficient (Wildman–Crippen LogP) is 3.96. The molecule has 0 radical (unpaired) electrons. The summed E-state index contributed by atoms with van der Waals surface area (Å²) in [7, 11) is 0. The molecule has 2 aromatic carbocycles. The van der Waals surface area contributed by atoms with Crippen molar-refractivity contribution in [3.05, 3.63) is 71.0 Å². The van der Waals surface area contributed by atoms with E-state index in [-0.39, 0.29) is 17.8 Å². The normalized spacial score (nSPS) is 18.2. The van der Waals surface area contributed by atoms with E-state index in [0.29, 0.717) is 31.0 Å². The van der Waals surface area contributed by atoms with Crippen molar-refractivity contribution < 1.29 is 9.18 Å². The Hall–Kier alpha value is -2.71. The van der Waals surface area contributed by atoms with E-state index in [4.69, 9.17) is 5.26 Å². The smallest absolute Gasteiger partial charge is 0.224 e. The molecule has 3 rings (SSSR count). The second-order valence-electron chi connectivity index (χ2n) is 7.76. The van der Waals surface area contributed by atoms with Gasteiger partial charge in [-0.3, -0.25) is 9.69 Å². The van der Waals surface area contributed by atoms with Crippen LogP contribution in [0, 0.1) is 23.1 Å². The lowest BCUT2D eigenvalue weighted by atomic mass is 10.0. The van der Waals surface area contributed by atoms with Crippen molar-refractivity contribution in [2.24, 2.45) is 5.92 Å². The molecule has 1 fully saturated rings. The summed E-state index contributed by atoms with van der Waals surface area (Å²) in [6.45, 7) is 6.96. The van der Waals surface area contributed by atoms with Crippen LogP contribution in [-0.4, -0.2) is 34.8 Å². The molecule has 0 unspecified atom stereocenters. The lowest BCUT2D eigenvalue weighted by Crippen LogP contribution is -2.45. The van der Waals surface area contributed by atoms with E-state index in [1.54, 1.807) is 18.2 Å². The summed E-state index contributed by atoms with van der Waals surface area (Å²) in [6.07, 6.45) is 0.461. The molecule has 0 saturated carbocycles. The number of carbonyl (C=O) groups excluding carboxylic acids is 1. The van der Waals surface area contributed by atoms with Gasteiger partial charge in [-0.15, -0.1) is 0 Å². The summed E-state index contributed by atoms with van der Waals surface area (Å²) >= 11 is 0. The zero-order valence-corrected chi connectivity index (χ0v) is 16.4. The summed E-state index contributed by atoms with van der Waals surface area (Å²) in [5.41, 5.74) is 2.68. The Morgan fingerprint density at radius 2 is 1.89 bits per heavy atom. The lowest BCUT2D eigenvalue weighted by Gasteiger charge is -2.35. The van der Waals surface area contributed by atoms with Crippen molar-refractivity contribution in [3.8, 4) is 6.07 Å². The van der Waals surface area contributed by atoms with Crippen LogP contribution in [0.25, 0.3) is 0 Å². The second-order valence-corrected chi connectivity index (χ2v) is 7.76. The molecule has 0 aliphatic carbocycles. The average molecular weight is 379 g/mol. The number of rotatable bonds is 5. The van der Waals surface area contributed by atoms with E-state index in [0.717, 1.165) is 24.2 Å². The van der Waals surface area contributed by atoms with Crippen LogP contribution < -0.4 is 0 Å². The van der Waals surface area contributed by atoms with E-state index in [1.165, 1.54) is 12.1 Å². The number of benzene rings is 2. The first-order valence-corrected chi connectivity index (χ1v) is 9.71. The highest BCUT2D eigenvalue weighted by molar-refractivity contribution is 5.77. The van der Waals surface area contributed by atoms with Gasteiger partial charge in [0, 0.05) is 38.6 Å². The van der Waals surface area contributed by atoms with Crippen LogP contribution in [0.3, 0.4) is 0 Å². The highest BCUT2D eigenvalue weighted by atomic mass is 19.1. The summed E-state index contributed by atoms with van der Waals surface area (Å²) in [5, 5.41) is 9.12. The van der Waals surface area contributed by atoms with Gasteiger partial charge in [0.15, 0.2) is 0 Å². The number of carbonyl (C=O) groups is 1. The third kappa shape index (κ3) is 4.96. The van der Waals surface area contributed by atoms with Gasteiger partial charge in [0.1, 0.15) is 5.82 Å². The maximum absolute atomic E-state index is 13.2. The second kappa shape index (κ2) is 8.99. The Morgan fingerprint density at radius 3 is 2.57 bits per heavy atom. The van der Waals surface area contributed by atoms with Gasteiger partial charge in [-0.05, 0) is 41.3 Å². The number of halogens is 1. The van der Waals surface area contributed by atoms with Crippen molar-refractivity contribution in [3.63, 3.8) is 0 Å². The fraction of sp³-hybridized carbons (Fsp3) is 0.391. The fourth-order valence-electron chi connectivity index (χ4n) is 3.74. The van der Waals surface area contributed by atoms with Gasteiger partial charge in [0.2, 0.25) is 5.91 Å². The molecule has 28 heavy (non-hydrogen) atoms. The third-order valence-electron chi connectivity index (χ3n) is 5.31. The number of amides is 1. The Kier molecular flexibility index (Phi) is 6.43. The molecule has 1 aliphatic heterocycles. The van der Waals surface area contributed by atoms with Gasteiger partial charge in [-0.1, -0.05) is 38.1 Å². The standard InChI is InChI=1S/C23H26FN3O/c1-17(2)22-16-26(14-20-5-3-4-19(12-20)13-25)11-10-23(28)27(22)15-18-6-8-21(24)9-7-18/h3-9,12,17,22H,10-11,14-16H2,1-2H3/t22-/m0/s1. The molecule has 1 aliphatic rings. The maximum Gasteiger partial charge on any atom is 0.224 e. The minimum atomic E-state index is -0.267. The average Bonchev–Trinajstić information content (AvgIpc) is 2.84. The Bertz CT molecular complexity index is 857. The number of nitriles is 1. The molecule has 146 valence electrons. The van der Waals surface area contributed by atoms with Gasteiger partial charge in [0.05, 0.1) is 11.6 Å². The topological polar surface area (TPSA) is 47.3 Å². The van der Waals surface area contributed by atoms with Gasteiger partial charge >= 0.3 is 0 Å². The number of nitrogens with zero attached hydrogens (tertiary/aromatic N) is 3. The summed E-state index contributed by atoms with van der Waals surface area (Å²) in [5.74, 6) is 0.170. The van der Waals surface area contributed by atoms with E-state index >= 15 is 0 Å². The molecule has 1 amide bonds. The van der Waals surface area contributed by atoms with Crippen molar-refractivity contribution in [1.29, 1.82) is 5.26 Å². The van der Waals surface area contributed by atoms with Gasteiger partial charge in [0.25, 0.3) is 0 Å². The quantitative estimate of drug-likeness (QED) is 0.790. The SMILES string of the molecule is CC(C)[C@@H]1CN(Cc2cccc(C#N)c2)CCC(=O)N1Cc1ccc(F)cc1. The van der Waals surface area contributed by atoms with Crippen molar-refractivity contribution >= 4 is 5.91 Å². The van der Waals surface area contributed by atoms with E-state index in [9.17, 15) is 9.18 Å². The summed E-state index contributed by atoms with van der Waals surface area (Å²) < 4.78 is 13.2. The molecule has 4 nitrogen and oxygen atoms in total. The van der Waals surface area contributed by atoms with Crippen LogP contribution in [0.5, 0.6) is 0 Å². The molecule has 5 heteroatoms. The molecule has 2 aromatic rings. The molecular weight excluding hydrogens is 353 g/mol. The third-order valence-corrected chi connectivity index (χ3v) is 5.31. The number of hydrogen-bond acceptors (Lipinski definition) is 3. The van der Waals surface area contributed by atoms with Crippen LogP contribution in [0.15, 0.2) is 48.5 Å². The Labute approximate surface area is 166 Å². The lowest BCUT2D eigenvalue weighted by molar-refractivity contribution is -0.134. The minimum absolute atomic E-state index is 0.0826. The maximum atomic E-state index is 13.2. The zero-order valence-electron chi connectivity index (χ0n) is 16.4. The van der Waals surface area contributed by atoms with Crippen LogP contribution in [-0.2, 0) is 17.9 Å². The fourth-order valence-corrected chi connectivity index (χ4v) is 3.74. The monoisotopic (exact) mass is 379 g/mol. The molecule has 0 aromatic heterocycles. The van der Waals surface area contributed by atoms with Crippen LogP contribution in [0.4, 0.5) is 4.39 Å². The van der Waals surface area contributed by atoms with Gasteiger partial charge in [-0.25, -0.2) is 4.39 Å². The van der Waals surface area contributed by atoms with E-state index < -0.39 is 0 Å². The van der Waals surface area contributed by atoms with E-state index in [2.05, 4.69) is 24.8 Å². The molecule has 1 atom stereocenters. The summed E-state index contributed by atoms with van der Waals surface area (Å²) in [6, 6.07) is 16.3. The predicted molar refractivity (Wildman–Crippen MR) is 107 cm³/mol. The Morgan fingerprint density at radius 1 is 1.14 bits per heavy atom. The molecular formula is C23H26FN3O. The molecule has 0 spiro atoms.